The molecule has 24 heavy (non-hydrogen) atoms. The van der Waals surface area contributed by atoms with Gasteiger partial charge in [0.25, 0.3) is 5.91 Å². The maximum atomic E-state index is 13.4. The lowest BCUT2D eigenvalue weighted by molar-refractivity contribution is -0.120. The molecule has 4 nitrogen and oxygen atoms in total. The molecule has 0 unspecified atom stereocenters. The second kappa shape index (κ2) is 9.72. The van der Waals surface area contributed by atoms with E-state index in [4.69, 9.17) is 0 Å². The van der Waals surface area contributed by atoms with Crippen LogP contribution in [0.3, 0.4) is 0 Å². The molecule has 0 atom stereocenters. The first-order chi connectivity index (χ1) is 11.7. The lowest BCUT2D eigenvalue weighted by Crippen LogP contribution is -2.37. The number of halogens is 1. The molecule has 0 spiro atoms. The predicted molar refractivity (Wildman–Crippen MR) is 93.5 cm³/mol. The number of rotatable bonds is 8. The maximum absolute atomic E-state index is 13.4. The number of carbonyl (C=O) groups excluding carboxylic acids is 2. The first-order valence-electron chi connectivity index (χ1n) is 7.64. The van der Waals surface area contributed by atoms with E-state index >= 15 is 0 Å². The average molecular weight is 346 g/mol. The minimum Gasteiger partial charge on any atom is -0.355 e. The van der Waals surface area contributed by atoms with Gasteiger partial charge in [0.2, 0.25) is 5.91 Å². The summed E-state index contributed by atoms with van der Waals surface area (Å²) in [5.74, 6) is -0.591. The van der Waals surface area contributed by atoms with E-state index in [0.717, 1.165) is 12.2 Å². The Morgan fingerprint density at radius 3 is 2.42 bits per heavy atom. The molecule has 126 valence electrons. The van der Waals surface area contributed by atoms with Gasteiger partial charge >= 0.3 is 0 Å². The molecule has 0 heterocycles. The summed E-state index contributed by atoms with van der Waals surface area (Å²) in [4.78, 5) is 24.6. The van der Waals surface area contributed by atoms with Crippen LogP contribution in [0.1, 0.15) is 16.8 Å². The van der Waals surface area contributed by atoms with E-state index < -0.39 is 11.7 Å². The fourth-order valence-electron chi connectivity index (χ4n) is 1.97. The third kappa shape index (κ3) is 6.04. The van der Waals surface area contributed by atoms with E-state index in [1.165, 1.54) is 23.1 Å². The number of hydrogen-bond acceptors (Lipinski definition) is 3. The van der Waals surface area contributed by atoms with Gasteiger partial charge in [0.1, 0.15) is 5.82 Å². The highest BCUT2D eigenvalue weighted by molar-refractivity contribution is 7.99. The minimum atomic E-state index is -0.603. The van der Waals surface area contributed by atoms with E-state index in [9.17, 15) is 14.0 Å². The van der Waals surface area contributed by atoms with Crippen molar-refractivity contribution < 1.29 is 14.0 Å². The Hall–Kier alpha value is -2.34. The number of nitrogens with one attached hydrogen (secondary N) is 2. The van der Waals surface area contributed by atoms with E-state index in [2.05, 4.69) is 10.6 Å². The van der Waals surface area contributed by atoms with Crippen molar-refractivity contribution in [2.24, 2.45) is 0 Å². The highest BCUT2D eigenvalue weighted by Gasteiger charge is 2.11. The number of benzene rings is 2. The predicted octanol–water partition coefficient (Wildman–Crippen LogP) is 2.85. The summed E-state index contributed by atoms with van der Waals surface area (Å²) in [6, 6.07) is 15.7. The Kier molecular flexibility index (Phi) is 7.29. The van der Waals surface area contributed by atoms with Crippen molar-refractivity contribution in [1.82, 2.24) is 10.6 Å². The van der Waals surface area contributed by atoms with Crippen molar-refractivity contribution in [2.45, 2.75) is 11.3 Å². The van der Waals surface area contributed by atoms with Crippen molar-refractivity contribution in [3.8, 4) is 0 Å². The van der Waals surface area contributed by atoms with Gasteiger partial charge in [-0.1, -0.05) is 30.3 Å². The number of carbonyl (C=O) groups is 2. The highest BCUT2D eigenvalue weighted by atomic mass is 32.2. The largest absolute Gasteiger partial charge is 0.355 e. The highest BCUT2D eigenvalue weighted by Crippen LogP contribution is 2.17. The molecule has 0 aliphatic rings. The van der Waals surface area contributed by atoms with Crippen molar-refractivity contribution in [3.05, 3.63) is 66.0 Å². The smallest absolute Gasteiger partial charge is 0.254 e. The molecule has 2 amide bonds. The number of hydrogen-bond donors (Lipinski definition) is 2. The number of thioether (sulfide) groups is 1. The van der Waals surface area contributed by atoms with Crippen molar-refractivity contribution in [1.29, 1.82) is 0 Å². The Balaban J connectivity index is 1.60. The fraction of sp³-hybridized carbons (Fsp3) is 0.222. The van der Waals surface area contributed by atoms with Crippen LogP contribution in [0.4, 0.5) is 4.39 Å². The summed E-state index contributed by atoms with van der Waals surface area (Å²) < 4.78 is 13.4. The maximum Gasteiger partial charge on any atom is 0.254 e. The van der Waals surface area contributed by atoms with Gasteiger partial charge in [-0.15, -0.1) is 11.8 Å². The van der Waals surface area contributed by atoms with Crippen LogP contribution in [0.15, 0.2) is 59.5 Å². The van der Waals surface area contributed by atoms with Crippen molar-refractivity contribution in [2.75, 3.05) is 18.8 Å². The van der Waals surface area contributed by atoms with Gasteiger partial charge in [0.05, 0.1) is 12.1 Å². The van der Waals surface area contributed by atoms with Gasteiger partial charge in [0.15, 0.2) is 0 Å². The molecule has 2 aromatic carbocycles. The zero-order valence-corrected chi connectivity index (χ0v) is 13.9. The molecule has 0 saturated carbocycles. The van der Waals surface area contributed by atoms with Gasteiger partial charge in [0, 0.05) is 11.4 Å². The average Bonchev–Trinajstić information content (AvgIpc) is 2.60. The van der Waals surface area contributed by atoms with Gasteiger partial charge in [-0.3, -0.25) is 9.59 Å². The van der Waals surface area contributed by atoms with Crippen LogP contribution < -0.4 is 10.6 Å². The quantitative estimate of drug-likeness (QED) is 0.571. The molecular weight excluding hydrogens is 327 g/mol. The SMILES string of the molecule is O=C(CNC(=O)c1ccccc1F)NCCCSc1ccccc1. The van der Waals surface area contributed by atoms with Crippen LogP contribution in [0.5, 0.6) is 0 Å². The fourth-order valence-corrected chi connectivity index (χ4v) is 2.84. The monoisotopic (exact) mass is 346 g/mol. The standard InChI is InChI=1S/C18H19FN2O2S/c19-16-10-5-4-9-15(16)18(23)21-13-17(22)20-11-6-12-24-14-7-2-1-3-8-14/h1-5,7-10H,6,11-13H2,(H,20,22)(H,21,23). The molecule has 0 bridgehead atoms. The molecule has 0 aliphatic carbocycles. The molecule has 0 saturated heterocycles. The topological polar surface area (TPSA) is 58.2 Å². The van der Waals surface area contributed by atoms with Crippen LogP contribution in [-0.4, -0.2) is 30.7 Å². The Morgan fingerprint density at radius 1 is 0.958 bits per heavy atom. The van der Waals surface area contributed by atoms with Gasteiger partial charge < -0.3 is 10.6 Å². The van der Waals surface area contributed by atoms with Gasteiger partial charge in [-0.25, -0.2) is 4.39 Å². The number of amides is 2. The molecule has 2 aromatic rings. The summed E-state index contributed by atoms with van der Waals surface area (Å²) in [5, 5.41) is 5.14. The van der Waals surface area contributed by atoms with Crippen molar-refractivity contribution >= 4 is 23.6 Å². The Bertz CT molecular complexity index is 680. The van der Waals surface area contributed by atoms with Gasteiger partial charge in [-0.05, 0) is 36.4 Å². The summed E-state index contributed by atoms with van der Waals surface area (Å²) in [7, 11) is 0. The van der Waals surface area contributed by atoms with Gasteiger partial charge in [-0.2, -0.15) is 0 Å². The zero-order chi connectivity index (χ0) is 17.2. The molecule has 6 heteroatoms. The van der Waals surface area contributed by atoms with Crippen LogP contribution >= 0.6 is 11.8 Å². The normalized spacial score (nSPS) is 10.2. The summed E-state index contributed by atoms with van der Waals surface area (Å²) >= 11 is 1.73. The molecular formula is C18H19FN2O2S. The first-order valence-corrected chi connectivity index (χ1v) is 8.62. The molecule has 0 aromatic heterocycles. The van der Waals surface area contributed by atoms with Crippen LogP contribution in [0, 0.1) is 5.82 Å². The lowest BCUT2D eigenvalue weighted by Gasteiger charge is -2.07. The second-order valence-corrected chi connectivity index (χ2v) is 6.20. The van der Waals surface area contributed by atoms with E-state index in [0.29, 0.717) is 6.54 Å². The molecule has 0 aliphatic heterocycles. The third-order valence-electron chi connectivity index (χ3n) is 3.18. The molecule has 0 fully saturated rings. The van der Waals surface area contributed by atoms with Crippen molar-refractivity contribution in [3.63, 3.8) is 0 Å². The Morgan fingerprint density at radius 2 is 1.67 bits per heavy atom. The summed E-state index contributed by atoms with van der Waals surface area (Å²) in [6.45, 7) is 0.368. The van der Waals surface area contributed by atoms with E-state index in [1.54, 1.807) is 17.8 Å². The van der Waals surface area contributed by atoms with E-state index in [1.807, 2.05) is 30.3 Å². The minimum absolute atomic E-state index is 0.0652. The molecule has 2 N–H and O–H groups in total. The van der Waals surface area contributed by atoms with E-state index in [-0.39, 0.29) is 18.0 Å². The van der Waals surface area contributed by atoms with Crippen LogP contribution in [-0.2, 0) is 4.79 Å². The molecule has 0 radical (unpaired) electrons. The first kappa shape index (κ1) is 18.0. The zero-order valence-electron chi connectivity index (χ0n) is 13.1. The second-order valence-electron chi connectivity index (χ2n) is 5.03. The van der Waals surface area contributed by atoms with Crippen LogP contribution in [0.25, 0.3) is 0 Å². The lowest BCUT2D eigenvalue weighted by atomic mass is 10.2. The summed E-state index contributed by atoms with van der Waals surface area (Å²) in [5.41, 5.74) is -0.0652. The van der Waals surface area contributed by atoms with Crippen LogP contribution in [0.2, 0.25) is 0 Å². The third-order valence-corrected chi connectivity index (χ3v) is 4.28. The molecule has 2 rings (SSSR count). The Labute approximate surface area is 144 Å². The summed E-state index contributed by atoms with van der Waals surface area (Å²) in [6.07, 6.45) is 0.826.